The van der Waals surface area contributed by atoms with Crippen molar-refractivity contribution < 1.29 is 4.74 Å². The van der Waals surface area contributed by atoms with E-state index in [1.54, 1.807) is 0 Å². The van der Waals surface area contributed by atoms with Gasteiger partial charge in [-0.25, -0.2) is 0 Å². The first-order valence-corrected chi connectivity index (χ1v) is 5.83. The molecular formula is C13H23NO. The van der Waals surface area contributed by atoms with E-state index in [1.807, 2.05) is 0 Å². The predicted octanol–water partition coefficient (Wildman–Crippen LogP) is 3.30. The SMILES string of the molecule is C=C=C(OC(C)(C)C)N1CCCC1CC. The second-order valence-electron chi connectivity index (χ2n) is 5.09. The highest BCUT2D eigenvalue weighted by Crippen LogP contribution is 2.26. The lowest BCUT2D eigenvalue weighted by Crippen LogP contribution is -2.33. The number of ether oxygens (including phenoxy) is 1. The van der Waals surface area contributed by atoms with Crippen LogP contribution < -0.4 is 0 Å². The van der Waals surface area contributed by atoms with Gasteiger partial charge in [-0.2, -0.15) is 0 Å². The lowest BCUT2D eigenvalue weighted by Gasteiger charge is -2.31. The van der Waals surface area contributed by atoms with E-state index in [0.29, 0.717) is 6.04 Å². The van der Waals surface area contributed by atoms with Gasteiger partial charge in [-0.05, 0) is 40.0 Å². The molecular weight excluding hydrogens is 186 g/mol. The highest BCUT2D eigenvalue weighted by molar-refractivity contribution is 4.97. The monoisotopic (exact) mass is 209 g/mol. The van der Waals surface area contributed by atoms with Gasteiger partial charge < -0.3 is 9.64 Å². The van der Waals surface area contributed by atoms with Crippen LogP contribution in [0.5, 0.6) is 0 Å². The number of hydrogen-bond acceptors (Lipinski definition) is 2. The molecule has 1 unspecified atom stereocenters. The first kappa shape index (κ1) is 12.2. The second kappa shape index (κ2) is 4.76. The van der Waals surface area contributed by atoms with E-state index in [2.05, 4.69) is 44.9 Å². The van der Waals surface area contributed by atoms with Gasteiger partial charge >= 0.3 is 0 Å². The van der Waals surface area contributed by atoms with E-state index >= 15 is 0 Å². The van der Waals surface area contributed by atoms with Crippen LogP contribution in [-0.4, -0.2) is 23.1 Å². The summed E-state index contributed by atoms with van der Waals surface area (Å²) in [6.07, 6.45) is 3.67. The second-order valence-corrected chi connectivity index (χ2v) is 5.09. The maximum absolute atomic E-state index is 5.87. The fraction of sp³-hybridized carbons (Fsp3) is 0.769. The maximum atomic E-state index is 5.87. The zero-order valence-corrected chi connectivity index (χ0v) is 10.5. The lowest BCUT2D eigenvalue weighted by atomic mass is 10.1. The molecule has 0 aromatic rings. The average Bonchev–Trinajstić information content (AvgIpc) is 2.60. The summed E-state index contributed by atoms with van der Waals surface area (Å²) in [4.78, 5) is 2.30. The Labute approximate surface area is 93.6 Å². The Kier molecular flexibility index (Phi) is 3.87. The molecule has 1 aliphatic rings. The third-order valence-corrected chi connectivity index (χ3v) is 2.66. The molecule has 15 heavy (non-hydrogen) atoms. The normalized spacial score (nSPS) is 21.3. The van der Waals surface area contributed by atoms with Crippen molar-refractivity contribution in [3.05, 3.63) is 18.2 Å². The van der Waals surface area contributed by atoms with Crippen LogP contribution in [-0.2, 0) is 4.74 Å². The van der Waals surface area contributed by atoms with E-state index in [0.717, 1.165) is 12.4 Å². The Balaban J connectivity index is 2.71. The quantitative estimate of drug-likeness (QED) is 0.522. The Hall–Kier alpha value is -0.880. The maximum Gasteiger partial charge on any atom is 0.236 e. The van der Waals surface area contributed by atoms with E-state index in [9.17, 15) is 0 Å². The molecule has 1 rings (SSSR count). The Morgan fingerprint density at radius 2 is 2.20 bits per heavy atom. The lowest BCUT2D eigenvalue weighted by molar-refractivity contribution is -0.00125. The van der Waals surface area contributed by atoms with Gasteiger partial charge in [0.25, 0.3) is 0 Å². The molecule has 0 radical (unpaired) electrons. The summed E-state index contributed by atoms with van der Waals surface area (Å²) in [6, 6.07) is 0.608. The standard InChI is InChI=1S/C13H23NO/c1-6-11-9-8-10-14(11)12(7-2)15-13(3,4)5/h11H,2,6,8-10H2,1,3-5H3. The summed E-state index contributed by atoms with van der Waals surface area (Å²) in [5.74, 6) is 0.826. The summed E-state index contributed by atoms with van der Waals surface area (Å²) in [5.41, 5.74) is 2.77. The van der Waals surface area contributed by atoms with Crippen molar-refractivity contribution in [2.75, 3.05) is 6.54 Å². The van der Waals surface area contributed by atoms with Gasteiger partial charge in [-0.3, -0.25) is 0 Å². The summed E-state index contributed by atoms with van der Waals surface area (Å²) in [6.45, 7) is 13.2. The zero-order valence-electron chi connectivity index (χ0n) is 10.5. The fourth-order valence-electron chi connectivity index (χ4n) is 2.01. The molecule has 86 valence electrons. The van der Waals surface area contributed by atoms with Crippen LogP contribution in [0.4, 0.5) is 0 Å². The van der Waals surface area contributed by atoms with Crippen LogP contribution in [0, 0.1) is 0 Å². The van der Waals surface area contributed by atoms with E-state index < -0.39 is 0 Å². The van der Waals surface area contributed by atoms with Crippen LogP contribution >= 0.6 is 0 Å². The molecule has 1 fully saturated rings. The minimum atomic E-state index is -0.166. The minimum Gasteiger partial charge on any atom is -0.467 e. The van der Waals surface area contributed by atoms with Gasteiger partial charge in [-0.1, -0.05) is 19.2 Å². The summed E-state index contributed by atoms with van der Waals surface area (Å²) < 4.78 is 5.87. The molecule has 2 nitrogen and oxygen atoms in total. The fourth-order valence-corrected chi connectivity index (χ4v) is 2.01. The first-order chi connectivity index (χ1) is 6.98. The molecule has 0 amide bonds. The van der Waals surface area contributed by atoms with Crippen LogP contribution in [0.1, 0.15) is 47.0 Å². The van der Waals surface area contributed by atoms with Gasteiger partial charge in [0, 0.05) is 12.6 Å². The molecule has 0 bridgehead atoms. The molecule has 1 saturated heterocycles. The van der Waals surface area contributed by atoms with Crippen molar-refractivity contribution in [2.45, 2.75) is 58.6 Å². The molecule has 0 aliphatic carbocycles. The summed E-state index contributed by atoms with van der Waals surface area (Å²) in [5, 5.41) is 0. The van der Waals surface area contributed by atoms with E-state index in [1.165, 1.54) is 19.3 Å². The molecule has 2 heteroatoms. The van der Waals surface area contributed by atoms with Crippen molar-refractivity contribution in [3.8, 4) is 0 Å². The Morgan fingerprint density at radius 1 is 1.53 bits per heavy atom. The van der Waals surface area contributed by atoms with Gasteiger partial charge in [-0.15, -0.1) is 0 Å². The molecule has 1 aliphatic heterocycles. The van der Waals surface area contributed by atoms with E-state index in [-0.39, 0.29) is 5.60 Å². The van der Waals surface area contributed by atoms with Crippen LogP contribution in [0.2, 0.25) is 0 Å². The van der Waals surface area contributed by atoms with Gasteiger partial charge in [0.1, 0.15) is 5.60 Å². The number of hydrogen-bond donors (Lipinski definition) is 0. The molecule has 0 aromatic heterocycles. The molecule has 1 heterocycles. The van der Waals surface area contributed by atoms with Crippen LogP contribution in [0.25, 0.3) is 0 Å². The molecule has 0 aromatic carbocycles. The number of rotatable bonds is 3. The third kappa shape index (κ3) is 3.32. The van der Waals surface area contributed by atoms with Crippen molar-refractivity contribution in [1.29, 1.82) is 0 Å². The zero-order chi connectivity index (χ0) is 11.5. The van der Waals surface area contributed by atoms with Crippen molar-refractivity contribution in [1.82, 2.24) is 4.90 Å². The molecule has 1 atom stereocenters. The Morgan fingerprint density at radius 3 is 2.67 bits per heavy atom. The predicted molar refractivity (Wildman–Crippen MR) is 63.5 cm³/mol. The van der Waals surface area contributed by atoms with Gasteiger partial charge in [0.2, 0.25) is 5.88 Å². The van der Waals surface area contributed by atoms with Crippen LogP contribution in [0.15, 0.2) is 18.2 Å². The van der Waals surface area contributed by atoms with E-state index in [4.69, 9.17) is 4.74 Å². The van der Waals surface area contributed by atoms with Crippen LogP contribution in [0.3, 0.4) is 0 Å². The summed E-state index contributed by atoms with van der Waals surface area (Å²) in [7, 11) is 0. The number of likely N-dealkylation sites (tertiary alicyclic amines) is 1. The molecule has 0 saturated carbocycles. The average molecular weight is 209 g/mol. The number of nitrogens with zero attached hydrogens (tertiary/aromatic N) is 1. The highest BCUT2D eigenvalue weighted by Gasteiger charge is 2.27. The van der Waals surface area contributed by atoms with Gasteiger partial charge in [0.05, 0.1) is 0 Å². The molecule has 0 N–H and O–H groups in total. The molecule has 0 spiro atoms. The van der Waals surface area contributed by atoms with Crippen molar-refractivity contribution in [3.63, 3.8) is 0 Å². The Bertz CT molecular complexity index is 258. The third-order valence-electron chi connectivity index (χ3n) is 2.66. The summed E-state index contributed by atoms with van der Waals surface area (Å²) >= 11 is 0. The highest BCUT2D eigenvalue weighted by atomic mass is 16.5. The van der Waals surface area contributed by atoms with Crippen molar-refractivity contribution >= 4 is 0 Å². The topological polar surface area (TPSA) is 12.5 Å². The minimum absolute atomic E-state index is 0.166. The smallest absolute Gasteiger partial charge is 0.236 e. The van der Waals surface area contributed by atoms with Gasteiger partial charge in [0.15, 0.2) is 0 Å². The largest absolute Gasteiger partial charge is 0.467 e. The first-order valence-electron chi connectivity index (χ1n) is 5.83. The van der Waals surface area contributed by atoms with Crippen molar-refractivity contribution in [2.24, 2.45) is 0 Å².